The molecule has 1 saturated carbocycles. The summed E-state index contributed by atoms with van der Waals surface area (Å²) in [5.74, 6) is 0.785. The van der Waals surface area contributed by atoms with Crippen LogP contribution in [0.2, 0.25) is 0 Å². The first-order valence-corrected chi connectivity index (χ1v) is 7.73. The second kappa shape index (κ2) is 3.30. The fourth-order valence-electron chi connectivity index (χ4n) is 3.63. The van der Waals surface area contributed by atoms with Crippen molar-refractivity contribution in [1.29, 1.82) is 0 Å². The van der Waals surface area contributed by atoms with Crippen LogP contribution in [0.3, 0.4) is 0 Å². The molecule has 1 aromatic rings. The fourth-order valence-corrected chi connectivity index (χ4v) is 5.66. The van der Waals surface area contributed by atoms with Gasteiger partial charge in [0.1, 0.15) is 0 Å². The van der Waals surface area contributed by atoms with Crippen LogP contribution in [-0.4, -0.2) is 23.6 Å². The first-order chi connectivity index (χ1) is 8.54. The molecule has 5 rings (SSSR count). The lowest BCUT2D eigenvalue weighted by molar-refractivity contribution is 0.0346. The van der Waals surface area contributed by atoms with Gasteiger partial charge in [-0.25, -0.2) is 23.5 Å². The summed E-state index contributed by atoms with van der Waals surface area (Å²) in [7, 11) is 1.54. The molecule has 0 unspecified atom stereocenters. The van der Waals surface area contributed by atoms with Crippen LogP contribution < -0.4 is 11.4 Å². The summed E-state index contributed by atoms with van der Waals surface area (Å²) in [5.41, 5.74) is -0.425. The number of nitrogens with zero attached hydrogens (tertiary/aromatic N) is 3. The van der Waals surface area contributed by atoms with Crippen LogP contribution in [-0.2, 0) is 7.05 Å². The summed E-state index contributed by atoms with van der Waals surface area (Å²) in [6, 6.07) is -0.000787. The molecule has 18 heavy (non-hydrogen) atoms. The maximum Gasteiger partial charge on any atom is 0.347 e. The van der Waals surface area contributed by atoms with Crippen LogP contribution in [0, 0.1) is 11.8 Å². The van der Waals surface area contributed by atoms with Gasteiger partial charge in [0.05, 0.1) is 12.1 Å². The molecule has 2 aliphatic heterocycles. The molecular weight excluding hydrogens is 366 g/mol. The van der Waals surface area contributed by atoms with Gasteiger partial charge in [-0.15, -0.1) is 0 Å². The van der Waals surface area contributed by atoms with E-state index >= 15 is 0 Å². The van der Waals surface area contributed by atoms with Crippen LogP contribution in [0.5, 0.6) is 0 Å². The molecule has 5 nitrogen and oxygen atoms in total. The average Bonchev–Trinajstić information content (AvgIpc) is 2.64. The average molecular weight is 377 g/mol. The second-order valence-corrected chi connectivity index (χ2v) is 7.34. The van der Waals surface area contributed by atoms with Crippen LogP contribution >= 0.6 is 31.9 Å². The van der Waals surface area contributed by atoms with Gasteiger partial charge in [0.2, 0.25) is 0 Å². The van der Waals surface area contributed by atoms with Crippen molar-refractivity contribution < 1.29 is 0 Å². The van der Waals surface area contributed by atoms with Crippen LogP contribution in [0.1, 0.15) is 12.1 Å². The highest BCUT2D eigenvalue weighted by Gasteiger charge is 2.60. The molecule has 6 atom stereocenters. The van der Waals surface area contributed by atoms with E-state index in [9.17, 15) is 9.59 Å². The van der Waals surface area contributed by atoms with Gasteiger partial charge in [0.25, 0.3) is 0 Å². The van der Waals surface area contributed by atoms with E-state index in [2.05, 4.69) is 44.0 Å². The summed E-state index contributed by atoms with van der Waals surface area (Å²) in [5, 5.41) is 0. The van der Waals surface area contributed by atoms with Crippen molar-refractivity contribution in [3.63, 3.8) is 0 Å². The summed E-state index contributed by atoms with van der Waals surface area (Å²) < 4.78 is 4.45. The zero-order valence-corrected chi connectivity index (χ0v) is 12.7. The van der Waals surface area contributed by atoms with Crippen molar-refractivity contribution in [2.45, 2.75) is 21.7 Å². The van der Waals surface area contributed by atoms with Gasteiger partial charge < -0.3 is 0 Å². The highest BCUT2D eigenvalue weighted by atomic mass is 79.9. The topological polar surface area (TPSA) is 48.9 Å². The molecule has 0 radical (unpaired) electrons. The summed E-state index contributed by atoms with van der Waals surface area (Å²) in [6.45, 7) is 0. The molecule has 0 aromatic carbocycles. The predicted molar refractivity (Wildman–Crippen MR) is 73.6 cm³/mol. The lowest BCUT2D eigenvalue weighted by Gasteiger charge is -2.58. The third kappa shape index (κ3) is 1.01. The molecule has 1 fully saturated rings. The van der Waals surface area contributed by atoms with E-state index < -0.39 is 0 Å². The number of alkyl halides is 2. The molecule has 1 aromatic heterocycles. The largest absolute Gasteiger partial charge is 0.347 e. The lowest BCUT2D eigenvalue weighted by atomic mass is 9.62. The van der Waals surface area contributed by atoms with Crippen molar-refractivity contribution in [3.05, 3.63) is 33.1 Å². The SMILES string of the molecule is Cn1c(=O)n2n(c1=O)[C@H]1C=C[C@@H]2[C@H]2[C@@H](Br)[C@@H](Br)[C@@H]21. The quantitative estimate of drug-likeness (QED) is 0.496. The first-order valence-electron chi connectivity index (χ1n) is 5.90. The monoisotopic (exact) mass is 375 g/mol. The van der Waals surface area contributed by atoms with E-state index in [1.807, 2.05) is 0 Å². The van der Waals surface area contributed by atoms with E-state index in [0.29, 0.717) is 21.5 Å². The van der Waals surface area contributed by atoms with Crippen molar-refractivity contribution in [2.75, 3.05) is 0 Å². The van der Waals surface area contributed by atoms with E-state index in [1.54, 1.807) is 16.4 Å². The standard InChI is InChI=1S/C11H11Br2N3O2/c1-14-10(17)15-4-2-3-5(16(15)11(14)18)7-6(4)8(12)9(7)13/h2-9H,1H3/t4-,5+,6-,7-,8-,9+/m1/s1. The predicted octanol–water partition coefficient (Wildman–Crippen LogP) is 0.787. The minimum absolute atomic E-state index is 0.000394. The van der Waals surface area contributed by atoms with Gasteiger partial charge in [-0.2, -0.15) is 0 Å². The zero-order valence-electron chi connectivity index (χ0n) is 9.53. The normalized spacial score (nSPS) is 43.5. The smallest absolute Gasteiger partial charge is 0.246 e. The molecule has 0 N–H and O–H groups in total. The number of allylic oxidation sites excluding steroid dienone is 2. The summed E-state index contributed by atoms with van der Waals surface area (Å²) in [4.78, 5) is 25.0. The Bertz CT molecular complexity index is 630. The molecule has 2 bridgehead atoms. The second-order valence-electron chi connectivity index (χ2n) is 5.22. The van der Waals surface area contributed by atoms with E-state index in [4.69, 9.17) is 0 Å². The van der Waals surface area contributed by atoms with Crippen LogP contribution in [0.4, 0.5) is 0 Å². The number of hydrogen-bond donors (Lipinski definition) is 0. The fraction of sp³-hybridized carbons (Fsp3) is 0.636. The van der Waals surface area contributed by atoms with Crippen molar-refractivity contribution >= 4 is 31.9 Å². The summed E-state index contributed by atoms with van der Waals surface area (Å²) >= 11 is 7.36. The van der Waals surface area contributed by atoms with Gasteiger partial charge in [-0.05, 0) is 0 Å². The first kappa shape index (κ1) is 11.3. The van der Waals surface area contributed by atoms with E-state index in [0.717, 1.165) is 0 Å². The van der Waals surface area contributed by atoms with Gasteiger partial charge in [0, 0.05) is 28.5 Å². The highest BCUT2D eigenvalue weighted by molar-refractivity contribution is 9.12. The Morgan fingerprint density at radius 1 is 0.944 bits per heavy atom. The lowest BCUT2D eigenvalue weighted by Crippen LogP contribution is -2.63. The minimum atomic E-state index is -0.212. The number of hydrogen-bond acceptors (Lipinski definition) is 2. The minimum Gasteiger partial charge on any atom is -0.246 e. The van der Waals surface area contributed by atoms with Crippen molar-refractivity contribution in [2.24, 2.45) is 18.9 Å². The number of halogens is 2. The maximum absolute atomic E-state index is 12.1. The molecule has 4 aliphatic rings. The third-order valence-electron chi connectivity index (χ3n) is 4.54. The Morgan fingerprint density at radius 3 is 1.72 bits per heavy atom. The van der Waals surface area contributed by atoms with Crippen LogP contribution in [0.25, 0.3) is 0 Å². The number of aromatic nitrogens is 3. The molecule has 2 aliphatic carbocycles. The van der Waals surface area contributed by atoms with E-state index in [-0.39, 0.29) is 23.5 Å². The Labute approximate surface area is 119 Å². The third-order valence-corrected chi connectivity index (χ3v) is 7.61. The highest BCUT2D eigenvalue weighted by Crippen LogP contribution is 2.59. The maximum atomic E-state index is 12.1. The Morgan fingerprint density at radius 2 is 1.33 bits per heavy atom. The molecule has 0 saturated heterocycles. The molecule has 7 heteroatoms. The van der Waals surface area contributed by atoms with E-state index in [1.165, 1.54) is 4.57 Å². The molecular formula is C11H11Br2N3O2. The Hall–Kier alpha value is -0.560. The molecule has 0 amide bonds. The van der Waals surface area contributed by atoms with Gasteiger partial charge >= 0.3 is 11.4 Å². The van der Waals surface area contributed by atoms with Crippen LogP contribution in [0.15, 0.2) is 21.7 Å². The summed E-state index contributed by atoms with van der Waals surface area (Å²) in [6.07, 6.45) is 4.14. The van der Waals surface area contributed by atoms with Crippen molar-refractivity contribution in [3.8, 4) is 0 Å². The van der Waals surface area contributed by atoms with Gasteiger partial charge in [-0.1, -0.05) is 44.0 Å². The van der Waals surface area contributed by atoms with Crippen molar-refractivity contribution in [1.82, 2.24) is 13.9 Å². The Balaban J connectivity index is 2.02. The zero-order chi connectivity index (χ0) is 12.8. The van der Waals surface area contributed by atoms with Gasteiger partial charge in [-0.3, -0.25) is 0 Å². The molecule has 96 valence electrons. The molecule has 3 heterocycles. The molecule has 0 spiro atoms. The Kier molecular flexibility index (Phi) is 2.07. The van der Waals surface area contributed by atoms with Gasteiger partial charge in [0.15, 0.2) is 0 Å². The number of rotatable bonds is 0.